The maximum Gasteiger partial charge on any atom is 0.339 e. The lowest BCUT2D eigenvalue weighted by molar-refractivity contribution is -0.134. The summed E-state index contributed by atoms with van der Waals surface area (Å²) >= 11 is 0. The van der Waals surface area contributed by atoms with Gasteiger partial charge in [-0.05, 0) is 47.2 Å². The van der Waals surface area contributed by atoms with Crippen LogP contribution in [-0.4, -0.2) is 35.0 Å². The molecular weight excluding hydrogens is 414 g/mol. The minimum absolute atomic E-state index is 0.0145. The highest BCUT2D eigenvalue weighted by molar-refractivity contribution is 5.96. The number of fused-ring (bicyclic) bond motifs is 2. The summed E-state index contributed by atoms with van der Waals surface area (Å²) in [6.07, 6.45) is 2.31. The first-order chi connectivity index (χ1) is 16.0. The van der Waals surface area contributed by atoms with Crippen molar-refractivity contribution in [3.8, 4) is 11.1 Å². The number of hydrogen-bond donors (Lipinski definition) is 1. The normalized spacial score (nSPS) is 22.3. The molecule has 2 aliphatic heterocycles. The number of esters is 1. The van der Waals surface area contributed by atoms with Crippen molar-refractivity contribution in [3.05, 3.63) is 95.1 Å². The molecule has 2 heterocycles. The maximum atomic E-state index is 13.7. The minimum atomic E-state index is -0.707. The molecule has 0 radical (unpaired) electrons. The number of likely N-dealkylation sites (tertiary alicyclic amines) is 1. The van der Waals surface area contributed by atoms with Crippen LogP contribution < -0.4 is 0 Å². The number of amides is 1. The molecule has 6 rings (SSSR count). The summed E-state index contributed by atoms with van der Waals surface area (Å²) in [5.74, 6) is -0.156. The van der Waals surface area contributed by atoms with Crippen molar-refractivity contribution in [2.24, 2.45) is 0 Å². The van der Waals surface area contributed by atoms with Gasteiger partial charge in [0.15, 0.2) is 5.60 Å². The van der Waals surface area contributed by atoms with Gasteiger partial charge in [0.05, 0.1) is 24.1 Å². The Hall–Kier alpha value is -3.44. The van der Waals surface area contributed by atoms with Crippen LogP contribution in [0.25, 0.3) is 11.1 Å². The van der Waals surface area contributed by atoms with E-state index in [-0.39, 0.29) is 18.5 Å². The molecule has 33 heavy (non-hydrogen) atoms. The van der Waals surface area contributed by atoms with Crippen molar-refractivity contribution in [1.82, 2.24) is 4.90 Å². The van der Waals surface area contributed by atoms with Crippen LogP contribution in [0, 0.1) is 0 Å². The number of aliphatic hydroxyl groups excluding tert-OH is 1. The molecule has 1 saturated heterocycles. The molecule has 5 nitrogen and oxygen atoms in total. The van der Waals surface area contributed by atoms with Crippen LogP contribution in [0.15, 0.2) is 72.8 Å². The molecule has 166 valence electrons. The highest BCUT2D eigenvalue weighted by Gasteiger charge is 2.57. The lowest BCUT2D eigenvalue weighted by atomic mass is 9.91. The Labute approximate surface area is 192 Å². The highest BCUT2D eigenvalue weighted by atomic mass is 16.6. The van der Waals surface area contributed by atoms with Gasteiger partial charge < -0.3 is 14.7 Å². The second-order valence-corrected chi connectivity index (χ2v) is 9.42. The van der Waals surface area contributed by atoms with E-state index in [4.69, 9.17) is 4.74 Å². The molecule has 2 fully saturated rings. The first-order valence-corrected chi connectivity index (χ1v) is 11.5. The van der Waals surface area contributed by atoms with Crippen LogP contribution in [0.2, 0.25) is 0 Å². The van der Waals surface area contributed by atoms with E-state index in [1.54, 1.807) is 6.07 Å². The molecule has 3 aliphatic rings. The van der Waals surface area contributed by atoms with Gasteiger partial charge in [-0.25, -0.2) is 4.79 Å². The van der Waals surface area contributed by atoms with Gasteiger partial charge in [-0.1, -0.05) is 60.7 Å². The Kier molecular flexibility index (Phi) is 4.46. The van der Waals surface area contributed by atoms with Gasteiger partial charge >= 0.3 is 5.97 Å². The number of carbonyl (C=O) groups is 2. The number of carbonyl (C=O) groups excluding carboxylic acids is 2. The maximum absolute atomic E-state index is 13.7. The van der Waals surface area contributed by atoms with Crippen LogP contribution in [0.3, 0.4) is 0 Å². The third kappa shape index (κ3) is 3.10. The summed E-state index contributed by atoms with van der Waals surface area (Å²) in [6, 6.07) is 23.6. The van der Waals surface area contributed by atoms with Crippen molar-refractivity contribution in [3.63, 3.8) is 0 Å². The molecule has 3 aromatic rings. The Balaban J connectivity index is 1.23. The molecule has 5 heteroatoms. The van der Waals surface area contributed by atoms with E-state index in [1.165, 1.54) is 0 Å². The van der Waals surface area contributed by atoms with E-state index in [9.17, 15) is 14.7 Å². The molecule has 0 unspecified atom stereocenters. The van der Waals surface area contributed by atoms with Gasteiger partial charge in [0.25, 0.3) is 0 Å². The first-order valence-electron chi connectivity index (χ1n) is 11.5. The second-order valence-electron chi connectivity index (χ2n) is 9.42. The van der Waals surface area contributed by atoms with E-state index in [0.717, 1.165) is 40.7 Å². The zero-order valence-electron chi connectivity index (χ0n) is 18.3. The molecule has 3 aromatic carbocycles. The van der Waals surface area contributed by atoms with E-state index in [1.807, 2.05) is 47.4 Å². The number of nitrogens with zero attached hydrogens (tertiary/aromatic N) is 1. The number of rotatable bonds is 4. The Bertz CT molecular complexity index is 1260. The second kappa shape index (κ2) is 7.29. The molecule has 0 bridgehead atoms. The molecule has 1 amide bonds. The predicted octanol–water partition coefficient (Wildman–Crippen LogP) is 4.18. The van der Waals surface area contributed by atoms with Crippen LogP contribution in [0.4, 0.5) is 0 Å². The van der Waals surface area contributed by atoms with Crippen molar-refractivity contribution < 1.29 is 19.4 Å². The summed E-state index contributed by atoms with van der Waals surface area (Å²) in [4.78, 5) is 27.9. The first kappa shape index (κ1) is 20.2. The lowest BCUT2D eigenvalue weighted by Gasteiger charge is -2.27. The standard InChI is InChI=1S/C28H25NO4/c30-17-19-4-3-5-21(16-19)20-8-10-22(11-9-20)27(12-13-27)26(32)29-15-14-28(18-29)24-7-2-1-6-23(24)25(31)33-28/h1-11,16,30H,12-15,17-18H2/t28-/m0/s1. The van der Waals surface area contributed by atoms with E-state index in [0.29, 0.717) is 25.1 Å². The third-order valence-corrected chi connectivity index (χ3v) is 7.48. The van der Waals surface area contributed by atoms with E-state index in [2.05, 4.69) is 24.3 Å². The molecule has 1 saturated carbocycles. The summed E-state index contributed by atoms with van der Waals surface area (Å²) in [6.45, 7) is 1.03. The summed E-state index contributed by atoms with van der Waals surface area (Å²) in [7, 11) is 0. The highest BCUT2D eigenvalue weighted by Crippen LogP contribution is 2.52. The number of hydrogen-bond acceptors (Lipinski definition) is 4. The van der Waals surface area contributed by atoms with E-state index >= 15 is 0 Å². The topological polar surface area (TPSA) is 66.8 Å². The largest absolute Gasteiger partial charge is 0.449 e. The average molecular weight is 440 g/mol. The monoisotopic (exact) mass is 439 g/mol. The minimum Gasteiger partial charge on any atom is -0.449 e. The van der Waals surface area contributed by atoms with Gasteiger partial charge in [0.1, 0.15) is 0 Å². The quantitative estimate of drug-likeness (QED) is 0.620. The molecular formula is C28H25NO4. The van der Waals surface area contributed by atoms with Crippen LogP contribution in [0.5, 0.6) is 0 Å². The smallest absolute Gasteiger partial charge is 0.339 e. The van der Waals surface area contributed by atoms with Gasteiger partial charge in [0, 0.05) is 18.5 Å². The summed E-state index contributed by atoms with van der Waals surface area (Å²) in [5, 5.41) is 9.41. The molecule has 1 atom stereocenters. The van der Waals surface area contributed by atoms with Gasteiger partial charge in [0.2, 0.25) is 5.91 Å². The Morgan fingerprint density at radius 3 is 2.48 bits per heavy atom. The third-order valence-electron chi connectivity index (χ3n) is 7.48. The van der Waals surface area contributed by atoms with Gasteiger partial charge in [-0.15, -0.1) is 0 Å². The fourth-order valence-corrected chi connectivity index (χ4v) is 5.49. The predicted molar refractivity (Wildman–Crippen MR) is 123 cm³/mol. The summed E-state index contributed by atoms with van der Waals surface area (Å²) in [5.41, 5.74) is 4.37. The van der Waals surface area contributed by atoms with Crippen molar-refractivity contribution in [1.29, 1.82) is 0 Å². The number of ether oxygens (including phenoxy) is 1. The van der Waals surface area contributed by atoms with Crippen molar-refractivity contribution in [2.45, 2.75) is 36.9 Å². The Morgan fingerprint density at radius 1 is 0.939 bits per heavy atom. The molecule has 0 aromatic heterocycles. The Morgan fingerprint density at radius 2 is 1.73 bits per heavy atom. The molecule has 1 N–H and O–H groups in total. The van der Waals surface area contributed by atoms with Gasteiger partial charge in [-0.2, -0.15) is 0 Å². The zero-order chi connectivity index (χ0) is 22.6. The van der Waals surface area contributed by atoms with Crippen LogP contribution in [-0.2, 0) is 27.2 Å². The van der Waals surface area contributed by atoms with Crippen LogP contribution in [0.1, 0.15) is 46.3 Å². The molecule has 1 aliphatic carbocycles. The fourth-order valence-electron chi connectivity index (χ4n) is 5.49. The number of benzene rings is 3. The molecule has 1 spiro atoms. The average Bonchev–Trinajstić information content (AvgIpc) is 3.50. The van der Waals surface area contributed by atoms with Crippen molar-refractivity contribution >= 4 is 11.9 Å². The lowest BCUT2D eigenvalue weighted by Crippen LogP contribution is -2.40. The van der Waals surface area contributed by atoms with Gasteiger partial charge in [-0.3, -0.25) is 4.79 Å². The SMILES string of the molecule is O=C1O[C@]2(CCN(C(=O)C3(c4ccc(-c5cccc(CO)c5)cc4)CC3)C2)c2ccccc21. The van der Waals surface area contributed by atoms with E-state index < -0.39 is 11.0 Å². The zero-order valence-corrected chi connectivity index (χ0v) is 18.3. The summed E-state index contributed by atoms with van der Waals surface area (Å²) < 4.78 is 5.83. The fraction of sp³-hybridized carbons (Fsp3) is 0.286. The van der Waals surface area contributed by atoms with Crippen LogP contribution >= 0.6 is 0 Å². The van der Waals surface area contributed by atoms with Crippen molar-refractivity contribution in [2.75, 3.05) is 13.1 Å². The number of aliphatic hydroxyl groups is 1.